The van der Waals surface area contributed by atoms with Gasteiger partial charge in [-0.05, 0) is 67.8 Å². The quantitative estimate of drug-likeness (QED) is 0.561. The van der Waals surface area contributed by atoms with Crippen LogP contribution < -0.4 is 16.2 Å². The summed E-state index contributed by atoms with van der Waals surface area (Å²) in [5, 5.41) is 12.0. The van der Waals surface area contributed by atoms with E-state index in [1.54, 1.807) is 24.3 Å². The zero-order chi connectivity index (χ0) is 19.4. The van der Waals surface area contributed by atoms with Crippen molar-refractivity contribution >= 4 is 34.9 Å². The maximum atomic E-state index is 8.86. The van der Waals surface area contributed by atoms with Crippen molar-refractivity contribution in [3.63, 3.8) is 0 Å². The van der Waals surface area contributed by atoms with Gasteiger partial charge in [-0.3, -0.25) is 10.9 Å². The molecule has 1 heterocycles. The first-order valence-electron chi connectivity index (χ1n) is 8.23. The minimum absolute atomic E-state index is 0.0581. The van der Waals surface area contributed by atoms with Crippen molar-refractivity contribution in [2.45, 2.75) is 20.8 Å². The number of halogens is 1. The second-order valence-corrected chi connectivity index (χ2v) is 6.43. The van der Waals surface area contributed by atoms with E-state index in [0.717, 1.165) is 22.5 Å². The SMILES string of the molecule is Cc1cc(C)c(NNc2nc(Cl)nc(Nc3ccc(C#N)cc3)n2)c(C)c1. The van der Waals surface area contributed by atoms with Crippen LogP contribution in [0, 0.1) is 32.1 Å². The second kappa shape index (κ2) is 7.89. The fourth-order valence-corrected chi connectivity index (χ4v) is 2.87. The minimum Gasteiger partial charge on any atom is -0.324 e. The fourth-order valence-electron chi connectivity index (χ4n) is 2.71. The molecule has 1 aromatic heterocycles. The highest BCUT2D eigenvalue weighted by Crippen LogP contribution is 2.22. The molecule has 0 saturated heterocycles. The zero-order valence-corrected chi connectivity index (χ0v) is 15.9. The van der Waals surface area contributed by atoms with Gasteiger partial charge in [0, 0.05) is 5.69 Å². The highest BCUT2D eigenvalue weighted by atomic mass is 35.5. The van der Waals surface area contributed by atoms with Gasteiger partial charge in [0.05, 0.1) is 17.3 Å². The van der Waals surface area contributed by atoms with Crippen LogP contribution in [0.15, 0.2) is 36.4 Å². The Kier molecular flexibility index (Phi) is 5.38. The number of anilines is 4. The molecule has 2 aromatic carbocycles. The molecule has 27 heavy (non-hydrogen) atoms. The average molecular weight is 380 g/mol. The molecule has 0 fully saturated rings. The number of hydrazine groups is 1. The summed E-state index contributed by atoms with van der Waals surface area (Å²) in [6.45, 7) is 6.12. The third-order valence-corrected chi connectivity index (χ3v) is 4.02. The summed E-state index contributed by atoms with van der Waals surface area (Å²) in [5.74, 6) is 0.576. The van der Waals surface area contributed by atoms with Crippen LogP contribution in [0.3, 0.4) is 0 Å². The summed E-state index contributed by atoms with van der Waals surface area (Å²) in [6, 6.07) is 13.2. The Morgan fingerprint density at radius 2 is 1.52 bits per heavy atom. The lowest BCUT2D eigenvalue weighted by Crippen LogP contribution is -2.15. The van der Waals surface area contributed by atoms with E-state index < -0.39 is 0 Å². The van der Waals surface area contributed by atoms with E-state index in [-0.39, 0.29) is 11.2 Å². The molecule has 0 bridgehead atoms. The maximum absolute atomic E-state index is 8.86. The summed E-state index contributed by atoms with van der Waals surface area (Å²) in [4.78, 5) is 12.5. The summed E-state index contributed by atoms with van der Waals surface area (Å²) >= 11 is 6.02. The number of benzene rings is 2. The van der Waals surface area contributed by atoms with Crippen LogP contribution in [0.5, 0.6) is 0 Å². The molecule has 0 unspecified atom stereocenters. The summed E-state index contributed by atoms with van der Waals surface area (Å²) in [7, 11) is 0. The van der Waals surface area contributed by atoms with Crippen molar-refractivity contribution in [2.24, 2.45) is 0 Å². The lowest BCUT2D eigenvalue weighted by atomic mass is 10.1. The van der Waals surface area contributed by atoms with Crippen LogP contribution in [0.1, 0.15) is 22.3 Å². The first kappa shape index (κ1) is 18.4. The lowest BCUT2D eigenvalue weighted by molar-refractivity contribution is 1.05. The van der Waals surface area contributed by atoms with Crippen molar-refractivity contribution in [1.82, 2.24) is 15.0 Å². The van der Waals surface area contributed by atoms with E-state index in [4.69, 9.17) is 16.9 Å². The van der Waals surface area contributed by atoms with Crippen LogP contribution in [-0.4, -0.2) is 15.0 Å². The number of nitrogens with zero attached hydrogens (tertiary/aromatic N) is 4. The monoisotopic (exact) mass is 379 g/mol. The second-order valence-electron chi connectivity index (χ2n) is 6.09. The molecular weight excluding hydrogens is 362 g/mol. The van der Waals surface area contributed by atoms with Gasteiger partial charge < -0.3 is 5.32 Å². The van der Waals surface area contributed by atoms with Gasteiger partial charge in [-0.2, -0.15) is 20.2 Å². The molecule has 0 aliphatic carbocycles. The van der Waals surface area contributed by atoms with Gasteiger partial charge >= 0.3 is 0 Å². The van der Waals surface area contributed by atoms with Gasteiger partial charge in [-0.1, -0.05) is 17.7 Å². The molecule has 0 spiro atoms. The molecule has 3 rings (SSSR count). The van der Waals surface area contributed by atoms with Crippen molar-refractivity contribution in [2.75, 3.05) is 16.2 Å². The number of rotatable bonds is 5. The normalized spacial score (nSPS) is 10.2. The largest absolute Gasteiger partial charge is 0.324 e. The number of hydrogen-bond acceptors (Lipinski definition) is 7. The van der Waals surface area contributed by atoms with Crippen molar-refractivity contribution in [1.29, 1.82) is 5.26 Å². The average Bonchev–Trinajstić information content (AvgIpc) is 2.61. The van der Waals surface area contributed by atoms with Gasteiger partial charge in [-0.25, -0.2) is 0 Å². The molecule has 136 valence electrons. The third kappa shape index (κ3) is 4.63. The van der Waals surface area contributed by atoms with E-state index in [9.17, 15) is 0 Å². The summed E-state index contributed by atoms with van der Waals surface area (Å²) in [6.07, 6.45) is 0. The van der Waals surface area contributed by atoms with Crippen LogP contribution in [-0.2, 0) is 0 Å². The molecule has 0 atom stereocenters. The standard InChI is InChI=1S/C19H18ClN7/c1-11-8-12(2)16(13(3)9-11)26-27-19-24-17(20)23-18(25-19)22-15-6-4-14(10-21)5-7-15/h4-9,26H,1-3H3,(H2,22,23,24,25,27). The minimum atomic E-state index is 0.0581. The molecule has 8 heteroatoms. The molecule has 0 aliphatic rings. The topological polar surface area (TPSA) is 98.5 Å². The van der Waals surface area contributed by atoms with Gasteiger partial charge in [0.25, 0.3) is 0 Å². The number of nitriles is 1. The molecule has 3 aromatic rings. The molecular formula is C19H18ClN7. The molecule has 0 radical (unpaired) electrons. The molecule has 3 N–H and O–H groups in total. The first-order valence-corrected chi connectivity index (χ1v) is 8.61. The Labute approximate surface area is 162 Å². The van der Waals surface area contributed by atoms with Gasteiger partial charge in [0.15, 0.2) is 0 Å². The predicted molar refractivity (Wildman–Crippen MR) is 107 cm³/mol. The Balaban J connectivity index is 1.76. The van der Waals surface area contributed by atoms with Gasteiger partial charge in [0.1, 0.15) is 0 Å². The molecule has 7 nitrogen and oxygen atoms in total. The Morgan fingerprint density at radius 1 is 0.889 bits per heavy atom. The first-order chi connectivity index (χ1) is 12.9. The van der Waals surface area contributed by atoms with Crippen LogP contribution in [0.4, 0.5) is 23.3 Å². The Bertz CT molecular complexity index is 987. The van der Waals surface area contributed by atoms with E-state index in [1.807, 2.05) is 13.8 Å². The van der Waals surface area contributed by atoms with Crippen LogP contribution in [0.25, 0.3) is 0 Å². The fraction of sp³-hybridized carbons (Fsp3) is 0.158. The Hall–Kier alpha value is -3.37. The lowest BCUT2D eigenvalue weighted by Gasteiger charge is -2.15. The summed E-state index contributed by atoms with van der Waals surface area (Å²) in [5.41, 5.74) is 11.8. The highest BCUT2D eigenvalue weighted by molar-refractivity contribution is 6.28. The van der Waals surface area contributed by atoms with Crippen LogP contribution in [0.2, 0.25) is 5.28 Å². The van der Waals surface area contributed by atoms with E-state index in [2.05, 4.69) is 56.2 Å². The van der Waals surface area contributed by atoms with Gasteiger partial charge in [-0.15, -0.1) is 0 Å². The number of nitrogens with one attached hydrogen (secondary N) is 3. The number of aryl methyl sites for hydroxylation is 3. The zero-order valence-electron chi connectivity index (χ0n) is 15.1. The third-order valence-electron chi connectivity index (χ3n) is 3.85. The molecule has 0 amide bonds. The molecule has 0 saturated carbocycles. The van der Waals surface area contributed by atoms with E-state index in [1.165, 1.54) is 5.56 Å². The smallest absolute Gasteiger partial charge is 0.247 e. The highest BCUT2D eigenvalue weighted by Gasteiger charge is 2.08. The van der Waals surface area contributed by atoms with Crippen molar-refractivity contribution in [3.05, 3.63) is 63.9 Å². The van der Waals surface area contributed by atoms with Gasteiger partial charge in [0.2, 0.25) is 17.2 Å². The Morgan fingerprint density at radius 3 is 2.15 bits per heavy atom. The van der Waals surface area contributed by atoms with Crippen molar-refractivity contribution < 1.29 is 0 Å². The number of aromatic nitrogens is 3. The van der Waals surface area contributed by atoms with E-state index in [0.29, 0.717) is 11.5 Å². The maximum Gasteiger partial charge on any atom is 0.247 e. The summed E-state index contributed by atoms with van der Waals surface area (Å²) < 4.78 is 0. The van der Waals surface area contributed by atoms with Crippen molar-refractivity contribution in [3.8, 4) is 6.07 Å². The van der Waals surface area contributed by atoms with Crippen LogP contribution >= 0.6 is 11.6 Å². The predicted octanol–water partition coefficient (Wildman–Crippen LogP) is 4.50. The molecule has 0 aliphatic heterocycles. The van der Waals surface area contributed by atoms with E-state index >= 15 is 0 Å². The number of hydrogen-bond donors (Lipinski definition) is 3.